The maximum atomic E-state index is 14.6. The molecule has 0 radical (unpaired) electrons. The second-order valence-electron chi connectivity index (χ2n) is 20.6. The Labute approximate surface area is 440 Å². The van der Waals surface area contributed by atoms with Gasteiger partial charge in [0.2, 0.25) is 23.6 Å². The Morgan fingerprint density at radius 3 is 2.04 bits per heavy atom. The number of nitrogens with zero attached hydrogens (tertiary/aromatic N) is 1. The Balaban J connectivity index is 1.26. The quantitative estimate of drug-likeness (QED) is 0.0468. The van der Waals surface area contributed by atoms with E-state index in [1.807, 2.05) is 38.1 Å². The van der Waals surface area contributed by atoms with Crippen molar-refractivity contribution in [3.05, 3.63) is 100 Å². The summed E-state index contributed by atoms with van der Waals surface area (Å²) in [6, 6.07) is 14.7. The molecule has 9 atom stereocenters. The van der Waals surface area contributed by atoms with Crippen molar-refractivity contribution < 1.29 is 63.8 Å². The fraction of sp³-hybridized carbons (Fsp3) is 0.571. The largest absolute Gasteiger partial charge is 0.508 e. The number of fused-ring (bicyclic) bond motifs is 1. The molecule has 0 spiro atoms. The molecule has 0 unspecified atom stereocenters. The lowest BCUT2D eigenvalue weighted by atomic mass is 9.91. The minimum atomic E-state index is -1.76. The molecule has 0 saturated carbocycles. The van der Waals surface area contributed by atoms with Crippen molar-refractivity contribution in [1.82, 2.24) is 26.2 Å². The predicted molar refractivity (Wildman–Crippen MR) is 280 cm³/mol. The molecule has 11 N–H and O–H groups in total. The van der Waals surface area contributed by atoms with Crippen molar-refractivity contribution in [3.8, 4) is 5.75 Å². The zero-order valence-electron chi connectivity index (χ0n) is 44.1. The second kappa shape index (κ2) is 28.8. The van der Waals surface area contributed by atoms with Gasteiger partial charge in [0, 0.05) is 32.5 Å². The summed E-state index contributed by atoms with van der Waals surface area (Å²) < 4.78 is 11.3. The number of aliphatic hydroxyl groups excluding tert-OH is 3. The molecule has 0 bridgehead atoms. The van der Waals surface area contributed by atoms with Gasteiger partial charge in [0.05, 0.1) is 6.04 Å². The molecule has 5 amide bonds. The highest BCUT2D eigenvalue weighted by atomic mass is 16.7. The van der Waals surface area contributed by atoms with Crippen molar-refractivity contribution in [2.75, 3.05) is 13.2 Å². The van der Waals surface area contributed by atoms with Crippen molar-refractivity contribution in [2.45, 2.75) is 191 Å². The number of nitrogens with two attached hydrogens (primary N) is 1. The Morgan fingerprint density at radius 2 is 1.39 bits per heavy atom. The first kappa shape index (κ1) is 59.9. The molecule has 2 aliphatic rings. The van der Waals surface area contributed by atoms with Crippen LogP contribution in [0.3, 0.4) is 0 Å². The molecule has 19 heteroatoms. The number of phenolic OH excluding ortho intramolecular Hbond substituents is 1. The number of ether oxygens (including phenoxy) is 2. The van der Waals surface area contributed by atoms with Crippen LogP contribution in [0.1, 0.15) is 125 Å². The number of hydrogen-bond donors (Lipinski definition) is 10. The molecule has 2 heterocycles. The lowest BCUT2D eigenvalue weighted by molar-refractivity contribution is -0.290. The Morgan fingerprint density at radius 1 is 0.760 bits per heavy atom. The van der Waals surface area contributed by atoms with Gasteiger partial charge in [-0.3, -0.25) is 24.0 Å². The fourth-order valence-electron chi connectivity index (χ4n) is 9.54. The number of phenols is 1. The lowest BCUT2D eigenvalue weighted by Crippen LogP contribution is -2.62. The minimum Gasteiger partial charge on any atom is -0.508 e. The number of carboxylic acid groups (broad SMARTS) is 1. The maximum absolute atomic E-state index is 14.6. The van der Waals surface area contributed by atoms with E-state index < -0.39 is 95.9 Å². The molecule has 19 nitrogen and oxygen atoms in total. The summed E-state index contributed by atoms with van der Waals surface area (Å²) in [4.78, 5) is 84.3. The van der Waals surface area contributed by atoms with Crippen LogP contribution in [0.2, 0.25) is 0 Å². The van der Waals surface area contributed by atoms with Crippen LogP contribution in [0.15, 0.2) is 66.7 Å². The molecule has 5 rings (SSSR count). The third-order valence-electron chi connectivity index (χ3n) is 14.1. The highest BCUT2D eigenvalue weighted by molar-refractivity contribution is 5.96. The van der Waals surface area contributed by atoms with Crippen LogP contribution >= 0.6 is 0 Å². The van der Waals surface area contributed by atoms with E-state index in [1.54, 1.807) is 42.5 Å². The zero-order valence-corrected chi connectivity index (χ0v) is 44.1. The number of carbonyl (C=O) groups is 6. The van der Waals surface area contributed by atoms with E-state index in [0.29, 0.717) is 12.0 Å². The first-order chi connectivity index (χ1) is 35.7. The number of aliphatic hydroxyl groups is 3. The molecule has 412 valence electrons. The number of benzene rings is 3. The highest BCUT2D eigenvalue weighted by Crippen LogP contribution is 2.28. The SMILES string of the molecule is CCCCCCCCCCO[C@@H]1O[C@H](C(=O)NCCCC[C@H](NC(=O)[C@H](Cc2ccccc2)NC(=O)[C@@H]2Cc3ccccc3CN2C(=O)[C@@H](N)Cc2c(C)cc(O)cc2C)C(=O)NC(C)(C)C(=O)O)[C@@H](O)[C@H](O)[C@H]1O. The Hall–Kier alpha value is -5.96. The van der Waals surface area contributed by atoms with Crippen molar-refractivity contribution in [2.24, 2.45) is 5.73 Å². The normalized spacial score (nSPS) is 20.7. The predicted octanol–water partition coefficient (Wildman–Crippen LogP) is 3.28. The smallest absolute Gasteiger partial charge is 0.328 e. The molecule has 0 aliphatic carbocycles. The van der Waals surface area contributed by atoms with Crippen LogP contribution in [-0.4, -0.2) is 140 Å². The average molecular weight is 1050 g/mol. The van der Waals surface area contributed by atoms with Gasteiger partial charge < -0.3 is 66.9 Å². The molecule has 75 heavy (non-hydrogen) atoms. The van der Waals surface area contributed by atoms with Gasteiger partial charge in [-0.25, -0.2) is 4.79 Å². The standard InChI is InChI=1S/C56H80N6O13/c1-6-7-8-9-10-11-12-20-27-74-54-47(66)45(64)46(65)48(75-54)52(70)58-26-19-18-25-42(50(68)61-56(4,5)55(72)73)59-49(67)43(30-36-21-14-13-15-22-36)60-51(69)44-31-37-23-16-17-24-38(37)33-62(44)53(71)41(57)32-40-34(2)28-39(63)29-35(40)3/h13-17,21-24,28-29,41-48,54,63-66H,6-12,18-20,25-27,30-33,57H2,1-5H3,(H,58,70)(H,59,67)(H,60,69)(H,61,68)(H,72,73)/t41-,42-,43-,44-,45-,46-,47+,48-,54+/m0/s1. The van der Waals surface area contributed by atoms with Gasteiger partial charge in [0.15, 0.2) is 12.4 Å². The number of aryl methyl sites for hydroxylation is 2. The summed E-state index contributed by atoms with van der Waals surface area (Å²) >= 11 is 0. The third-order valence-corrected chi connectivity index (χ3v) is 14.1. The number of carboxylic acids is 1. The molecular formula is C56H80N6O13. The third kappa shape index (κ3) is 17.3. The number of unbranched alkanes of at least 4 members (excludes halogenated alkanes) is 8. The zero-order chi connectivity index (χ0) is 54.8. The number of rotatable bonds is 28. The topological polar surface area (TPSA) is 299 Å². The van der Waals surface area contributed by atoms with Crippen molar-refractivity contribution >= 4 is 35.5 Å². The molecule has 0 aromatic heterocycles. The maximum Gasteiger partial charge on any atom is 0.328 e. The Kier molecular flexibility index (Phi) is 23.0. The number of amides is 5. The van der Waals surface area contributed by atoms with E-state index in [9.17, 15) is 54.3 Å². The summed E-state index contributed by atoms with van der Waals surface area (Å²) in [5.41, 5.74) is 9.51. The van der Waals surface area contributed by atoms with Crippen LogP contribution < -0.4 is 27.0 Å². The molecule has 3 aromatic carbocycles. The molecule has 2 aliphatic heterocycles. The van der Waals surface area contributed by atoms with Crippen LogP contribution in [-0.2, 0) is 64.0 Å². The summed E-state index contributed by atoms with van der Waals surface area (Å²) in [6.45, 7) is 8.67. The minimum absolute atomic E-state index is 0.000976. The van der Waals surface area contributed by atoms with Gasteiger partial charge in [0.25, 0.3) is 5.91 Å². The second-order valence-corrected chi connectivity index (χ2v) is 20.6. The summed E-state index contributed by atoms with van der Waals surface area (Å²) in [5, 5.41) is 62.6. The van der Waals surface area contributed by atoms with Gasteiger partial charge in [-0.05, 0) is 105 Å². The van der Waals surface area contributed by atoms with Gasteiger partial charge in [-0.2, -0.15) is 0 Å². The number of carbonyl (C=O) groups excluding carboxylic acids is 5. The van der Waals surface area contributed by atoms with Gasteiger partial charge in [0.1, 0.15) is 47.7 Å². The van der Waals surface area contributed by atoms with E-state index in [4.69, 9.17) is 15.2 Å². The molecular weight excluding hydrogens is 965 g/mol. The Bertz CT molecular complexity index is 2360. The number of aliphatic carboxylic acids is 1. The van der Waals surface area contributed by atoms with Crippen LogP contribution in [0.4, 0.5) is 0 Å². The van der Waals surface area contributed by atoms with E-state index in [1.165, 1.54) is 44.4 Å². The van der Waals surface area contributed by atoms with E-state index >= 15 is 0 Å². The van der Waals surface area contributed by atoms with Crippen molar-refractivity contribution in [1.29, 1.82) is 0 Å². The number of hydrogen-bond acceptors (Lipinski definition) is 13. The van der Waals surface area contributed by atoms with Crippen molar-refractivity contribution in [3.63, 3.8) is 0 Å². The molecule has 3 aromatic rings. The first-order valence-corrected chi connectivity index (χ1v) is 26.4. The van der Waals surface area contributed by atoms with E-state index in [-0.39, 0.29) is 64.0 Å². The van der Waals surface area contributed by atoms with Gasteiger partial charge in [-0.15, -0.1) is 0 Å². The first-order valence-electron chi connectivity index (χ1n) is 26.4. The van der Waals surface area contributed by atoms with E-state index in [0.717, 1.165) is 47.1 Å². The summed E-state index contributed by atoms with van der Waals surface area (Å²) in [5.74, 6) is -4.72. The highest BCUT2D eigenvalue weighted by Gasteiger charge is 2.47. The monoisotopic (exact) mass is 1040 g/mol. The number of nitrogens with one attached hydrogen (secondary N) is 4. The molecule has 1 saturated heterocycles. The molecule has 1 fully saturated rings. The average Bonchev–Trinajstić information content (AvgIpc) is 3.37. The fourth-order valence-corrected chi connectivity index (χ4v) is 9.54. The number of aromatic hydroxyl groups is 1. The lowest BCUT2D eigenvalue weighted by Gasteiger charge is -2.39. The summed E-state index contributed by atoms with van der Waals surface area (Å²) in [7, 11) is 0. The van der Waals surface area contributed by atoms with Crippen LogP contribution in [0, 0.1) is 13.8 Å². The van der Waals surface area contributed by atoms with Gasteiger partial charge in [-0.1, -0.05) is 106 Å². The van der Waals surface area contributed by atoms with Crippen LogP contribution in [0.5, 0.6) is 5.75 Å². The summed E-state index contributed by atoms with van der Waals surface area (Å²) in [6.07, 6.45) is 1.09. The van der Waals surface area contributed by atoms with Crippen LogP contribution in [0.25, 0.3) is 0 Å². The van der Waals surface area contributed by atoms with Gasteiger partial charge >= 0.3 is 5.97 Å². The van der Waals surface area contributed by atoms with E-state index in [2.05, 4.69) is 28.2 Å².